The van der Waals surface area contributed by atoms with E-state index in [2.05, 4.69) is 134 Å². The van der Waals surface area contributed by atoms with Crippen LogP contribution in [0.25, 0.3) is 0 Å². The molecule has 0 atom stereocenters. The zero-order valence-electron chi connectivity index (χ0n) is 18.7. The predicted octanol–water partition coefficient (Wildman–Crippen LogP) is 6.89. The minimum absolute atomic E-state index is 0.944. The molecule has 33 heavy (non-hydrogen) atoms. The molecule has 0 saturated carbocycles. The van der Waals surface area contributed by atoms with Crippen LogP contribution >= 0.6 is 12.1 Å². The lowest BCUT2D eigenvalue weighted by atomic mass is 10.3. The Morgan fingerprint density at radius 1 is 0.576 bits per heavy atom. The Labute approximate surface area is 208 Å². The summed E-state index contributed by atoms with van der Waals surface area (Å²) in [5.74, 6) is 2.43. The van der Waals surface area contributed by atoms with Crippen LogP contribution in [0.5, 0.6) is 0 Å². The van der Waals surface area contributed by atoms with Crippen LogP contribution in [0.1, 0.15) is 19.8 Å². The molecule has 0 aliphatic heterocycles. The van der Waals surface area contributed by atoms with E-state index in [0.717, 1.165) is 12.8 Å². The molecule has 0 radical (unpaired) electrons. The van der Waals surface area contributed by atoms with Gasteiger partial charge in [0.2, 0.25) is 0 Å². The van der Waals surface area contributed by atoms with E-state index in [1.807, 2.05) is 0 Å². The molecule has 0 spiro atoms. The molecule has 0 fully saturated rings. The molecular formula is C29H28P2S2. The summed E-state index contributed by atoms with van der Waals surface area (Å²) in [4.78, 5) is 0. The average molecular weight is 503 g/mol. The number of allylic oxidation sites excluding steroid dienone is 1. The molecule has 0 aromatic heterocycles. The molecule has 4 aromatic rings. The summed E-state index contributed by atoms with van der Waals surface area (Å²) < 4.78 is 0. The Morgan fingerprint density at radius 2 is 0.909 bits per heavy atom. The van der Waals surface area contributed by atoms with Crippen molar-refractivity contribution in [3.05, 3.63) is 132 Å². The molecule has 0 heterocycles. The fourth-order valence-electron chi connectivity index (χ4n) is 4.12. The van der Waals surface area contributed by atoms with Crippen LogP contribution in [0.2, 0.25) is 0 Å². The van der Waals surface area contributed by atoms with E-state index in [4.69, 9.17) is 23.6 Å². The molecule has 0 aliphatic carbocycles. The van der Waals surface area contributed by atoms with Gasteiger partial charge in [-0.3, -0.25) is 0 Å². The van der Waals surface area contributed by atoms with Gasteiger partial charge in [-0.1, -0.05) is 158 Å². The van der Waals surface area contributed by atoms with E-state index in [1.54, 1.807) is 0 Å². The lowest BCUT2D eigenvalue weighted by molar-refractivity contribution is 0.947. The van der Waals surface area contributed by atoms with Gasteiger partial charge >= 0.3 is 0 Å². The molecule has 0 bridgehead atoms. The average Bonchev–Trinajstić information content (AvgIpc) is 2.90. The van der Waals surface area contributed by atoms with E-state index in [-0.39, 0.29) is 0 Å². The van der Waals surface area contributed by atoms with Crippen molar-refractivity contribution in [2.75, 3.05) is 0 Å². The van der Waals surface area contributed by atoms with Crippen LogP contribution < -0.4 is 21.2 Å². The number of benzene rings is 4. The van der Waals surface area contributed by atoms with Gasteiger partial charge in [0.05, 0.1) is 0 Å². The standard InChI is InChI=1S/C29H28P2S2/c1-2-15-29(31(33,27-20-11-5-12-21-27)28-22-13-6-14-23-28)24-30(32,25-16-7-3-8-17-25)26-18-9-4-10-19-26/h3-14,16-24H,2,15H2,1H3/b29-24+. The first-order chi connectivity index (χ1) is 16.1. The maximum Gasteiger partial charge on any atom is 0.0341 e. The summed E-state index contributed by atoms with van der Waals surface area (Å²) in [5.41, 5.74) is 0. The van der Waals surface area contributed by atoms with Crippen LogP contribution in [0.4, 0.5) is 0 Å². The summed E-state index contributed by atoms with van der Waals surface area (Å²) >= 11 is 13.3. The first kappa shape index (κ1) is 24.1. The van der Waals surface area contributed by atoms with Crippen LogP contribution in [0.3, 0.4) is 0 Å². The number of hydrogen-bond acceptors (Lipinski definition) is 2. The first-order valence-corrected chi connectivity index (χ1v) is 16.9. The fourth-order valence-corrected chi connectivity index (χ4v) is 13.1. The Balaban J connectivity index is 2.02. The maximum absolute atomic E-state index is 6.70. The van der Waals surface area contributed by atoms with Crippen molar-refractivity contribution < 1.29 is 0 Å². The number of rotatable bonds is 8. The molecule has 0 unspecified atom stereocenters. The smallest absolute Gasteiger partial charge is 0.0341 e. The highest BCUT2D eigenvalue weighted by Gasteiger charge is 2.30. The molecule has 0 amide bonds. The third-order valence-electron chi connectivity index (χ3n) is 5.76. The summed E-state index contributed by atoms with van der Waals surface area (Å²) in [5, 5.41) is 6.21. The topological polar surface area (TPSA) is 0 Å². The second kappa shape index (κ2) is 10.9. The van der Waals surface area contributed by atoms with Gasteiger partial charge in [0.1, 0.15) is 0 Å². The minimum atomic E-state index is -2.23. The summed E-state index contributed by atoms with van der Waals surface area (Å²) in [6.45, 7) is 2.23. The Hall–Kier alpha value is -2.08. The predicted molar refractivity (Wildman–Crippen MR) is 156 cm³/mol. The lowest BCUT2D eigenvalue weighted by Gasteiger charge is -2.30. The second-order valence-corrected chi connectivity index (χ2v) is 16.8. The second-order valence-electron chi connectivity index (χ2n) is 7.98. The van der Waals surface area contributed by atoms with Crippen molar-refractivity contribution in [3.8, 4) is 0 Å². The van der Waals surface area contributed by atoms with Crippen molar-refractivity contribution in [2.45, 2.75) is 19.8 Å². The Bertz CT molecular complexity index is 1210. The third-order valence-corrected chi connectivity index (χ3v) is 15.5. The zero-order valence-corrected chi connectivity index (χ0v) is 22.2. The van der Waals surface area contributed by atoms with Gasteiger partial charge in [0.25, 0.3) is 0 Å². The molecule has 0 aliphatic rings. The van der Waals surface area contributed by atoms with Crippen LogP contribution in [0.15, 0.2) is 132 Å². The summed E-state index contributed by atoms with van der Waals surface area (Å²) in [6.07, 6.45) is 1.97. The van der Waals surface area contributed by atoms with Crippen molar-refractivity contribution in [3.63, 3.8) is 0 Å². The molecule has 0 N–H and O–H groups in total. The molecule has 4 heteroatoms. The Morgan fingerprint density at radius 3 is 1.24 bits per heavy atom. The van der Waals surface area contributed by atoms with Crippen molar-refractivity contribution in [1.82, 2.24) is 0 Å². The first-order valence-electron chi connectivity index (χ1n) is 11.2. The Kier molecular flexibility index (Phi) is 7.94. The maximum atomic E-state index is 6.70. The largest absolute Gasteiger partial charge is 0.0832 e. The molecule has 4 aromatic carbocycles. The van der Waals surface area contributed by atoms with Gasteiger partial charge < -0.3 is 0 Å². The highest BCUT2D eigenvalue weighted by molar-refractivity contribution is 8.25. The van der Waals surface area contributed by atoms with Gasteiger partial charge in [-0.05, 0) is 38.8 Å². The van der Waals surface area contributed by atoms with E-state index < -0.39 is 12.1 Å². The monoisotopic (exact) mass is 502 g/mol. The van der Waals surface area contributed by atoms with E-state index in [9.17, 15) is 0 Å². The van der Waals surface area contributed by atoms with Gasteiger partial charge in [-0.15, -0.1) is 0 Å². The van der Waals surface area contributed by atoms with Crippen LogP contribution in [0, 0.1) is 0 Å². The van der Waals surface area contributed by atoms with Gasteiger partial charge in [-0.25, -0.2) is 0 Å². The van der Waals surface area contributed by atoms with Gasteiger partial charge in [0, 0.05) is 12.1 Å². The lowest BCUT2D eigenvalue weighted by Crippen LogP contribution is -2.19. The highest BCUT2D eigenvalue weighted by atomic mass is 32.4. The summed E-state index contributed by atoms with van der Waals surface area (Å²) in [6, 6.07) is 38.1. The highest BCUT2D eigenvalue weighted by Crippen LogP contribution is 2.59. The molecule has 4 rings (SSSR count). The van der Waals surface area contributed by atoms with Crippen molar-refractivity contribution >= 4 is 56.9 Å². The zero-order chi connectivity index (χ0) is 23.2. The fraction of sp³-hybridized carbons (Fsp3) is 0.103. The minimum Gasteiger partial charge on any atom is -0.0832 e. The third kappa shape index (κ3) is 5.06. The van der Waals surface area contributed by atoms with Crippen molar-refractivity contribution in [1.29, 1.82) is 0 Å². The van der Waals surface area contributed by atoms with Crippen LogP contribution in [-0.4, -0.2) is 0 Å². The summed E-state index contributed by atoms with van der Waals surface area (Å²) in [7, 11) is 0. The van der Waals surface area contributed by atoms with Gasteiger partial charge in [0.15, 0.2) is 0 Å². The van der Waals surface area contributed by atoms with Crippen LogP contribution in [-0.2, 0) is 23.6 Å². The number of hydrogen-bond donors (Lipinski definition) is 0. The molecule has 0 saturated heterocycles. The van der Waals surface area contributed by atoms with E-state index in [0.29, 0.717) is 0 Å². The molecule has 0 nitrogen and oxygen atoms in total. The van der Waals surface area contributed by atoms with Crippen molar-refractivity contribution in [2.24, 2.45) is 0 Å². The molecule has 166 valence electrons. The normalized spacial score (nSPS) is 12.5. The molecular weight excluding hydrogens is 474 g/mol. The van der Waals surface area contributed by atoms with Gasteiger partial charge in [-0.2, -0.15) is 0 Å². The van der Waals surface area contributed by atoms with E-state index >= 15 is 0 Å². The quantitative estimate of drug-likeness (QED) is 0.241. The van der Waals surface area contributed by atoms with E-state index in [1.165, 1.54) is 26.5 Å². The SMILES string of the molecule is CCC/C(=C\P(=S)(c1ccccc1)c1ccccc1)P(=S)(c1ccccc1)c1ccccc1.